The fourth-order valence-electron chi connectivity index (χ4n) is 4.07. The molecule has 0 aromatic heterocycles. The Bertz CT molecular complexity index is 1100. The highest BCUT2D eigenvalue weighted by atomic mass is 19.3. The molecule has 0 N–H and O–H groups in total. The standard InChI is InChI=1S/C30H36F4O8/c1-3-25(35)39-18-8-6-5-7-17-38-22-13-11-21(12-14-22)30(33,34)42-24-16-15-23(27(31)28(24)32)29(37)41-20-10-9-19-40-26(36)4-2/h3-6,15-16,21-22H,1-2,7-14,17-20H2/b6-5-. The second kappa shape index (κ2) is 18.0. The van der Waals surface area contributed by atoms with Gasteiger partial charge in [-0.25, -0.2) is 18.8 Å². The van der Waals surface area contributed by atoms with Crippen molar-refractivity contribution in [2.75, 3.05) is 26.4 Å². The zero-order chi connectivity index (χ0) is 31.0. The SMILES string of the molecule is C=CC(=O)OCC/C=C\CCOC1CCC(C(F)(F)Oc2ccc(C(=O)OCCCCOC(=O)C=C)c(F)c2F)CC1. The normalized spacial score (nSPS) is 17.0. The van der Waals surface area contributed by atoms with E-state index < -0.39 is 52.9 Å². The molecule has 1 fully saturated rings. The number of alkyl halides is 2. The third kappa shape index (κ3) is 11.7. The number of hydrogen-bond acceptors (Lipinski definition) is 8. The van der Waals surface area contributed by atoms with Gasteiger partial charge in [-0.05, 0) is 63.5 Å². The molecule has 0 radical (unpaired) electrons. The minimum atomic E-state index is -3.77. The maximum atomic E-state index is 14.8. The first-order valence-electron chi connectivity index (χ1n) is 13.7. The fourth-order valence-corrected chi connectivity index (χ4v) is 4.07. The molecule has 42 heavy (non-hydrogen) atoms. The van der Waals surface area contributed by atoms with Gasteiger partial charge in [0.15, 0.2) is 11.6 Å². The summed E-state index contributed by atoms with van der Waals surface area (Å²) in [6.45, 7) is 7.11. The van der Waals surface area contributed by atoms with E-state index in [2.05, 4.69) is 17.9 Å². The molecule has 12 heteroatoms. The highest BCUT2D eigenvalue weighted by molar-refractivity contribution is 5.90. The van der Waals surface area contributed by atoms with E-state index in [1.54, 1.807) is 0 Å². The van der Waals surface area contributed by atoms with Crippen LogP contribution in [0.1, 0.15) is 61.7 Å². The van der Waals surface area contributed by atoms with E-state index in [1.807, 2.05) is 12.2 Å². The van der Waals surface area contributed by atoms with Crippen LogP contribution in [0.25, 0.3) is 0 Å². The Kier molecular flexibility index (Phi) is 14.8. The van der Waals surface area contributed by atoms with E-state index in [9.17, 15) is 31.9 Å². The molecule has 0 atom stereocenters. The number of ether oxygens (including phenoxy) is 5. The van der Waals surface area contributed by atoms with E-state index in [4.69, 9.17) is 18.9 Å². The summed E-state index contributed by atoms with van der Waals surface area (Å²) in [5.74, 6) is -7.87. The number of carbonyl (C=O) groups is 3. The summed E-state index contributed by atoms with van der Waals surface area (Å²) in [6.07, 6.45) is 4.45. The molecule has 1 aromatic carbocycles. The number of unbranched alkanes of at least 4 members (excludes halogenated alkanes) is 1. The van der Waals surface area contributed by atoms with Crippen LogP contribution in [0.2, 0.25) is 0 Å². The molecular formula is C30H36F4O8. The summed E-state index contributed by atoms with van der Waals surface area (Å²) in [7, 11) is 0. The van der Waals surface area contributed by atoms with Gasteiger partial charge in [-0.2, -0.15) is 13.2 Å². The maximum Gasteiger partial charge on any atom is 0.400 e. The van der Waals surface area contributed by atoms with Crippen LogP contribution >= 0.6 is 0 Å². The van der Waals surface area contributed by atoms with E-state index in [1.165, 1.54) is 0 Å². The molecule has 0 spiro atoms. The number of hydrogen-bond donors (Lipinski definition) is 0. The minimum absolute atomic E-state index is 0.0590. The topological polar surface area (TPSA) is 97.4 Å². The molecule has 1 aliphatic carbocycles. The minimum Gasteiger partial charge on any atom is -0.463 e. The number of benzene rings is 1. The second-order valence-corrected chi connectivity index (χ2v) is 9.38. The molecular weight excluding hydrogens is 564 g/mol. The van der Waals surface area contributed by atoms with Gasteiger partial charge in [0.05, 0.1) is 44.0 Å². The maximum absolute atomic E-state index is 14.8. The van der Waals surface area contributed by atoms with Crippen LogP contribution < -0.4 is 4.74 Å². The Hall–Kier alpha value is -3.67. The summed E-state index contributed by atoms with van der Waals surface area (Å²) in [6, 6.07) is 1.59. The first kappa shape index (κ1) is 34.5. The molecule has 0 bridgehead atoms. The van der Waals surface area contributed by atoms with Crippen molar-refractivity contribution in [3.63, 3.8) is 0 Å². The predicted octanol–water partition coefficient (Wildman–Crippen LogP) is 6.24. The van der Waals surface area contributed by atoms with Gasteiger partial charge in [0.2, 0.25) is 5.82 Å². The molecule has 8 nitrogen and oxygen atoms in total. The monoisotopic (exact) mass is 600 g/mol. The Morgan fingerprint density at radius 2 is 1.38 bits per heavy atom. The van der Waals surface area contributed by atoms with Crippen molar-refractivity contribution in [1.29, 1.82) is 0 Å². The lowest BCUT2D eigenvalue weighted by Crippen LogP contribution is -2.38. The summed E-state index contributed by atoms with van der Waals surface area (Å²) < 4.78 is 83.6. The van der Waals surface area contributed by atoms with Crippen LogP contribution in [0.5, 0.6) is 5.75 Å². The van der Waals surface area contributed by atoms with Gasteiger partial charge in [-0.3, -0.25) is 0 Å². The zero-order valence-electron chi connectivity index (χ0n) is 23.3. The van der Waals surface area contributed by atoms with Crippen LogP contribution in [0.3, 0.4) is 0 Å². The van der Waals surface area contributed by atoms with Crippen LogP contribution in [0.4, 0.5) is 17.6 Å². The highest BCUT2D eigenvalue weighted by Gasteiger charge is 2.45. The molecule has 2 rings (SSSR count). The molecule has 1 aliphatic rings. The quantitative estimate of drug-likeness (QED) is 0.0488. The number of rotatable bonds is 18. The van der Waals surface area contributed by atoms with Crippen molar-refractivity contribution in [3.05, 3.63) is 66.8 Å². The molecule has 0 aliphatic heterocycles. The van der Waals surface area contributed by atoms with Crippen molar-refractivity contribution >= 4 is 17.9 Å². The van der Waals surface area contributed by atoms with Gasteiger partial charge in [0.25, 0.3) is 0 Å². The lowest BCUT2D eigenvalue weighted by Gasteiger charge is -2.33. The summed E-state index contributed by atoms with van der Waals surface area (Å²) in [4.78, 5) is 34.0. The number of carbonyl (C=O) groups excluding carboxylic acids is 3. The Morgan fingerprint density at radius 1 is 0.810 bits per heavy atom. The average Bonchev–Trinajstić information content (AvgIpc) is 2.98. The number of halogens is 4. The van der Waals surface area contributed by atoms with Gasteiger partial charge < -0.3 is 23.7 Å². The van der Waals surface area contributed by atoms with Crippen LogP contribution in [0, 0.1) is 17.6 Å². The average molecular weight is 601 g/mol. The zero-order valence-corrected chi connectivity index (χ0v) is 23.3. The third-order valence-electron chi connectivity index (χ3n) is 6.35. The van der Waals surface area contributed by atoms with E-state index in [-0.39, 0.29) is 45.2 Å². The summed E-state index contributed by atoms with van der Waals surface area (Å²) >= 11 is 0. The molecule has 1 saturated carbocycles. The highest BCUT2D eigenvalue weighted by Crippen LogP contribution is 2.40. The molecule has 0 amide bonds. The van der Waals surface area contributed by atoms with Crippen molar-refractivity contribution < 1.29 is 55.6 Å². The van der Waals surface area contributed by atoms with Gasteiger partial charge in [0.1, 0.15) is 0 Å². The van der Waals surface area contributed by atoms with Gasteiger partial charge in [-0.1, -0.05) is 25.3 Å². The lowest BCUT2D eigenvalue weighted by molar-refractivity contribution is -0.227. The first-order chi connectivity index (χ1) is 20.1. The van der Waals surface area contributed by atoms with Gasteiger partial charge in [-0.15, -0.1) is 0 Å². The molecule has 1 aromatic rings. The van der Waals surface area contributed by atoms with E-state index >= 15 is 0 Å². The van der Waals surface area contributed by atoms with Gasteiger partial charge in [0, 0.05) is 12.2 Å². The van der Waals surface area contributed by atoms with Crippen molar-refractivity contribution in [1.82, 2.24) is 0 Å². The van der Waals surface area contributed by atoms with Crippen molar-refractivity contribution in [3.8, 4) is 5.75 Å². The fraction of sp³-hybridized carbons (Fsp3) is 0.500. The first-order valence-corrected chi connectivity index (χ1v) is 13.7. The smallest absolute Gasteiger partial charge is 0.400 e. The molecule has 232 valence electrons. The Labute approximate surface area is 242 Å². The number of esters is 3. The van der Waals surface area contributed by atoms with Crippen LogP contribution in [0.15, 0.2) is 49.6 Å². The van der Waals surface area contributed by atoms with Crippen molar-refractivity contribution in [2.45, 2.75) is 63.6 Å². The predicted molar refractivity (Wildman–Crippen MR) is 144 cm³/mol. The third-order valence-corrected chi connectivity index (χ3v) is 6.35. The van der Waals surface area contributed by atoms with E-state index in [0.29, 0.717) is 38.7 Å². The summed E-state index contributed by atoms with van der Waals surface area (Å²) in [5, 5.41) is 0. The van der Waals surface area contributed by atoms with Crippen LogP contribution in [-0.2, 0) is 28.5 Å². The lowest BCUT2D eigenvalue weighted by atomic mass is 9.86. The van der Waals surface area contributed by atoms with Gasteiger partial charge >= 0.3 is 24.0 Å². The Balaban J connectivity index is 1.75. The Morgan fingerprint density at radius 3 is 2.00 bits per heavy atom. The second-order valence-electron chi connectivity index (χ2n) is 9.38. The molecule has 0 saturated heterocycles. The van der Waals surface area contributed by atoms with Crippen LogP contribution in [-0.4, -0.2) is 56.5 Å². The molecule has 0 heterocycles. The van der Waals surface area contributed by atoms with E-state index in [0.717, 1.165) is 24.3 Å². The summed E-state index contributed by atoms with van der Waals surface area (Å²) in [5.41, 5.74) is -0.759. The van der Waals surface area contributed by atoms with Crippen molar-refractivity contribution in [2.24, 2.45) is 5.92 Å². The molecule has 0 unspecified atom stereocenters. The largest absolute Gasteiger partial charge is 0.463 e.